The first-order valence-corrected chi connectivity index (χ1v) is 9.17. The van der Waals surface area contributed by atoms with Gasteiger partial charge in [-0.05, 0) is 30.7 Å². The molecule has 1 amide bonds. The predicted octanol–water partition coefficient (Wildman–Crippen LogP) is 4.06. The molecule has 2 aromatic heterocycles. The number of benzene rings is 1. The van der Waals surface area contributed by atoms with Crippen molar-refractivity contribution in [3.63, 3.8) is 0 Å². The second-order valence-electron chi connectivity index (χ2n) is 6.55. The van der Waals surface area contributed by atoms with Gasteiger partial charge in [-0.3, -0.25) is 9.78 Å². The number of carbonyl (C=O) groups excluding carboxylic acids is 1. The zero-order valence-corrected chi connectivity index (χ0v) is 15.7. The summed E-state index contributed by atoms with van der Waals surface area (Å²) >= 11 is 5.86. The first-order chi connectivity index (χ1) is 13.6. The molecule has 3 heterocycles. The smallest absolute Gasteiger partial charge is 0.245 e. The Morgan fingerprint density at radius 2 is 2.21 bits per heavy atom. The molecule has 1 saturated heterocycles. The van der Waals surface area contributed by atoms with E-state index in [-0.39, 0.29) is 22.5 Å². The number of pyridine rings is 1. The maximum Gasteiger partial charge on any atom is 0.245 e. The summed E-state index contributed by atoms with van der Waals surface area (Å²) in [6.07, 6.45) is 5.21. The summed E-state index contributed by atoms with van der Waals surface area (Å²) in [5, 5.41) is 3.75. The van der Waals surface area contributed by atoms with Crippen LogP contribution >= 0.6 is 11.6 Å². The number of nitrogens with zero attached hydrogens (tertiary/aromatic N) is 4. The Morgan fingerprint density at radius 3 is 3.04 bits per heavy atom. The van der Waals surface area contributed by atoms with Gasteiger partial charge >= 0.3 is 0 Å². The van der Waals surface area contributed by atoms with E-state index >= 15 is 0 Å². The highest BCUT2D eigenvalue weighted by molar-refractivity contribution is 6.31. The van der Waals surface area contributed by atoms with Crippen LogP contribution in [0.5, 0.6) is 0 Å². The van der Waals surface area contributed by atoms with Gasteiger partial charge in [0, 0.05) is 30.1 Å². The summed E-state index contributed by atoms with van der Waals surface area (Å²) in [6, 6.07) is 6.63. The molecule has 142 valence electrons. The number of carbonyl (C=O) groups is 1. The van der Waals surface area contributed by atoms with E-state index in [4.69, 9.17) is 11.6 Å². The standard InChI is InChI=1S/C20H17ClFN5O/c1-2-18(28)27-7-6-12(10-27)16-8-13-17(9-23-16)24-11-25-20(13)26-15-5-3-4-14(21)19(15)22/h2-5,8-9,11-12H,1,6-7,10H2,(H,24,25,26)/t12-/m1/s1. The van der Waals surface area contributed by atoms with E-state index in [1.54, 1.807) is 23.2 Å². The largest absolute Gasteiger partial charge is 0.338 e. The topological polar surface area (TPSA) is 71.0 Å². The quantitative estimate of drug-likeness (QED) is 0.672. The van der Waals surface area contributed by atoms with Crippen molar-refractivity contribution in [3.8, 4) is 0 Å². The van der Waals surface area contributed by atoms with Crippen LogP contribution in [0.25, 0.3) is 10.9 Å². The summed E-state index contributed by atoms with van der Waals surface area (Å²) in [7, 11) is 0. The van der Waals surface area contributed by atoms with Gasteiger partial charge in [0.1, 0.15) is 12.1 Å². The maximum absolute atomic E-state index is 14.3. The third-order valence-corrected chi connectivity index (χ3v) is 5.13. The van der Waals surface area contributed by atoms with Crippen molar-refractivity contribution in [1.82, 2.24) is 19.9 Å². The van der Waals surface area contributed by atoms with Crippen LogP contribution in [0, 0.1) is 5.82 Å². The fourth-order valence-electron chi connectivity index (χ4n) is 3.36. The van der Waals surface area contributed by atoms with E-state index in [1.807, 2.05) is 6.07 Å². The van der Waals surface area contributed by atoms with Crippen molar-refractivity contribution in [3.05, 3.63) is 66.0 Å². The van der Waals surface area contributed by atoms with Crippen molar-refractivity contribution in [2.75, 3.05) is 18.4 Å². The van der Waals surface area contributed by atoms with Crippen LogP contribution in [-0.4, -0.2) is 38.8 Å². The summed E-state index contributed by atoms with van der Waals surface area (Å²) in [5.74, 6) is -0.0407. The van der Waals surface area contributed by atoms with Crippen molar-refractivity contribution in [2.45, 2.75) is 12.3 Å². The third-order valence-electron chi connectivity index (χ3n) is 4.84. The number of nitrogens with one attached hydrogen (secondary N) is 1. The molecule has 28 heavy (non-hydrogen) atoms. The van der Waals surface area contributed by atoms with Gasteiger partial charge in [0.05, 0.1) is 22.4 Å². The molecule has 0 bridgehead atoms. The normalized spacial score (nSPS) is 16.4. The van der Waals surface area contributed by atoms with Crippen molar-refractivity contribution in [2.24, 2.45) is 0 Å². The Morgan fingerprint density at radius 1 is 1.36 bits per heavy atom. The minimum Gasteiger partial charge on any atom is -0.338 e. The number of fused-ring (bicyclic) bond motifs is 1. The highest BCUT2D eigenvalue weighted by Crippen LogP contribution is 2.31. The van der Waals surface area contributed by atoms with E-state index in [0.717, 1.165) is 17.5 Å². The van der Waals surface area contributed by atoms with E-state index < -0.39 is 5.82 Å². The maximum atomic E-state index is 14.3. The molecule has 0 unspecified atom stereocenters. The molecule has 0 spiro atoms. The number of rotatable bonds is 4. The zero-order chi connectivity index (χ0) is 19.7. The van der Waals surface area contributed by atoms with Gasteiger partial charge in [-0.25, -0.2) is 14.4 Å². The van der Waals surface area contributed by atoms with Crippen molar-refractivity contribution >= 4 is 39.9 Å². The Kier molecular flexibility index (Phi) is 4.92. The van der Waals surface area contributed by atoms with Crippen LogP contribution in [0.2, 0.25) is 5.02 Å². The number of hydrogen-bond acceptors (Lipinski definition) is 5. The fraction of sp³-hybridized carbons (Fsp3) is 0.200. The van der Waals surface area contributed by atoms with Gasteiger partial charge < -0.3 is 10.2 Å². The molecule has 8 heteroatoms. The van der Waals surface area contributed by atoms with Crippen LogP contribution in [0.1, 0.15) is 18.0 Å². The number of likely N-dealkylation sites (tertiary alicyclic amines) is 1. The Hall–Kier alpha value is -3.06. The molecular formula is C20H17ClFN5O. The molecule has 0 saturated carbocycles. The van der Waals surface area contributed by atoms with Crippen LogP contribution in [0.4, 0.5) is 15.9 Å². The van der Waals surface area contributed by atoms with Gasteiger partial charge in [-0.2, -0.15) is 0 Å². The fourth-order valence-corrected chi connectivity index (χ4v) is 3.53. The van der Waals surface area contributed by atoms with Crippen LogP contribution < -0.4 is 5.32 Å². The summed E-state index contributed by atoms with van der Waals surface area (Å²) < 4.78 is 14.3. The van der Waals surface area contributed by atoms with E-state index in [0.29, 0.717) is 24.4 Å². The molecule has 3 aromatic rings. The molecule has 1 atom stereocenters. The first kappa shape index (κ1) is 18.3. The molecule has 1 fully saturated rings. The predicted molar refractivity (Wildman–Crippen MR) is 106 cm³/mol. The second-order valence-corrected chi connectivity index (χ2v) is 6.96. The lowest BCUT2D eigenvalue weighted by molar-refractivity contribution is -0.125. The minimum absolute atomic E-state index is 0.0312. The monoisotopic (exact) mass is 397 g/mol. The Labute approximate surface area is 166 Å². The summed E-state index contributed by atoms with van der Waals surface area (Å²) in [6.45, 7) is 4.79. The van der Waals surface area contributed by atoms with Crippen molar-refractivity contribution < 1.29 is 9.18 Å². The minimum atomic E-state index is -0.542. The van der Waals surface area contributed by atoms with Gasteiger partial charge in [0.2, 0.25) is 5.91 Å². The number of halogens is 2. The van der Waals surface area contributed by atoms with Gasteiger partial charge in [-0.15, -0.1) is 0 Å². The van der Waals surface area contributed by atoms with Crippen LogP contribution in [0.15, 0.2) is 49.4 Å². The van der Waals surface area contributed by atoms with E-state index in [9.17, 15) is 9.18 Å². The number of hydrogen-bond donors (Lipinski definition) is 1. The average Bonchev–Trinajstić information content (AvgIpc) is 3.21. The van der Waals surface area contributed by atoms with Crippen LogP contribution in [-0.2, 0) is 4.79 Å². The molecular weight excluding hydrogens is 381 g/mol. The molecule has 0 radical (unpaired) electrons. The van der Waals surface area contributed by atoms with Gasteiger partial charge in [-0.1, -0.05) is 24.2 Å². The van der Waals surface area contributed by atoms with Gasteiger partial charge in [0.15, 0.2) is 5.82 Å². The highest BCUT2D eigenvalue weighted by atomic mass is 35.5. The lowest BCUT2D eigenvalue weighted by atomic mass is 10.0. The number of anilines is 2. The number of amides is 1. The zero-order valence-electron chi connectivity index (χ0n) is 14.9. The molecule has 1 aliphatic heterocycles. The number of aromatic nitrogens is 3. The SMILES string of the molecule is C=CC(=O)N1CC[C@@H](c2cc3c(Nc4cccc(Cl)c4F)ncnc3cn2)C1. The van der Waals surface area contributed by atoms with Crippen LogP contribution in [0.3, 0.4) is 0 Å². The van der Waals surface area contributed by atoms with Crippen molar-refractivity contribution in [1.29, 1.82) is 0 Å². The van der Waals surface area contributed by atoms with E-state index in [1.165, 1.54) is 18.5 Å². The molecule has 0 aliphatic carbocycles. The highest BCUT2D eigenvalue weighted by Gasteiger charge is 2.27. The molecule has 1 aliphatic rings. The Balaban J connectivity index is 1.67. The lowest BCUT2D eigenvalue weighted by Gasteiger charge is -2.15. The lowest BCUT2D eigenvalue weighted by Crippen LogP contribution is -2.26. The Bertz CT molecular complexity index is 1070. The van der Waals surface area contributed by atoms with E-state index in [2.05, 4.69) is 26.8 Å². The third kappa shape index (κ3) is 3.41. The molecule has 4 rings (SSSR count). The molecule has 1 aromatic carbocycles. The summed E-state index contributed by atoms with van der Waals surface area (Å²) in [5.41, 5.74) is 1.71. The average molecular weight is 398 g/mol. The van der Waals surface area contributed by atoms with Gasteiger partial charge in [0.25, 0.3) is 0 Å². The molecule has 1 N–H and O–H groups in total. The second kappa shape index (κ2) is 7.52. The molecule has 6 nitrogen and oxygen atoms in total. The first-order valence-electron chi connectivity index (χ1n) is 8.80. The summed E-state index contributed by atoms with van der Waals surface area (Å²) in [4.78, 5) is 26.6.